The van der Waals surface area contributed by atoms with Crippen LogP contribution in [-0.2, 0) is 6.61 Å². The number of nitrogens with one attached hydrogen (secondary N) is 1. The molecule has 3 nitrogen and oxygen atoms in total. The van der Waals surface area contributed by atoms with E-state index in [0.717, 1.165) is 27.6 Å². The second-order valence-electron chi connectivity index (χ2n) is 5.50. The average molecular weight is 359 g/mol. The van der Waals surface area contributed by atoms with E-state index in [-0.39, 0.29) is 6.04 Å². The Morgan fingerprint density at radius 3 is 2.75 bits per heavy atom. The molecule has 0 aliphatic heterocycles. The maximum absolute atomic E-state index is 6.19. The van der Waals surface area contributed by atoms with Crippen LogP contribution in [0.15, 0.2) is 53.9 Å². The van der Waals surface area contributed by atoms with Gasteiger partial charge in [0.05, 0.1) is 11.7 Å². The number of hydrogen-bond acceptors (Lipinski definition) is 4. The zero-order chi connectivity index (χ0) is 16.9. The van der Waals surface area contributed by atoms with Gasteiger partial charge in [0.1, 0.15) is 17.4 Å². The molecule has 1 N–H and O–H groups in total. The minimum Gasteiger partial charge on any atom is -0.488 e. The summed E-state index contributed by atoms with van der Waals surface area (Å²) in [7, 11) is 1.93. The van der Waals surface area contributed by atoms with E-state index in [1.165, 1.54) is 0 Å². The minimum absolute atomic E-state index is 0.219. The van der Waals surface area contributed by atoms with E-state index in [2.05, 4.69) is 12.2 Å². The van der Waals surface area contributed by atoms with E-state index in [1.54, 1.807) is 11.3 Å². The van der Waals surface area contributed by atoms with E-state index in [0.29, 0.717) is 11.6 Å². The molecule has 0 aliphatic carbocycles. The Balaban J connectivity index is 1.87. The molecule has 0 spiro atoms. The van der Waals surface area contributed by atoms with Crippen molar-refractivity contribution in [2.24, 2.45) is 0 Å². The highest BCUT2D eigenvalue weighted by molar-refractivity contribution is 7.10. The third-order valence-corrected chi connectivity index (χ3v) is 5.04. The lowest BCUT2D eigenvalue weighted by atomic mass is 10.1. The van der Waals surface area contributed by atoms with Gasteiger partial charge in [-0.1, -0.05) is 41.9 Å². The molecule has 2 aromatic carbocycles. The first-order valence-electron chi connectivity index (χ1n) is 7.76. The highest BCUT2D eigenvalue weighted by Gasteiger charge is 2.14. The number of nitrogens with zero attached hydrogens (tertiary/aromatic N) is 1. The van der Waals surface area contributed by atoms with Gasteiger partial charge in [-0.15, -0.1) is 11.3 Å². The summed E-state index contributed by atoms with van der Waals surface area (Å²) in [6.45, 7) is 2.60. The fourth-order valence-electron chi connectivity index (χ4n) is 2.30. The van der Waals surface area contributed by atoms with Gasteiger partial charge in [-0.3, -0.25) is 0 Å². The smallest absolute Gasteiger partial charge is 0.129 e. The monoisotopic (exact) mass is 358 g/mol. The molecule has 3 aromatic rings. The van der Waals surface area contributed by atoms with Gasteiger partial charge in [0.25, 0.3) is 0 Å². The molecule has 0 saturated carbocycles. The number of aromatic nitrogens is 1. The van der Waals surface area contributed by atoms with Crippen LogP contribution in [0.5, 0.6) is 5.75 Å². The van der Waals surface area contributed by atoms with Crippen molar-refractivity contribution in [2.75, 3.05) is 7.05 Å². The SMILES string of the molecule is CNC(C)c1nc(-c2cc(Cl)ccc2OCc2ccccc2)cs1. The summed E-state index contributed by atoms with van der Waals surface area (Å²) < 4.78 is 6.02. The predicted molar refractivity (Wildman–Crippen MR) is 101 cm³/mol. The first kappa shape index (κ1) is 17.0. The zero-order valence-corrected chi connectivity index (χ0v) is 15.2. The van der Waals surface area contributed by atoms with Crippen LogP contribution < -0.4 is 10.1 Å². The van der Waals surface area contributed by atoms with Crippen molar-refractivity contribution in [1.29, 1.82) is 0 Å². The molecule has 0 saturated heterocycles. The Bertz CT molecular complexity index is 804. The van der Waals surface area contributed by atoms with E-state index in [4.69, 9.17) is 21.3 Å². The molecule has 0 bridgehead atoms. The Hall–Kier alpha value is -1.88. The lowest BCUT2D eigenvalue weighted by Gasteiger charge is -2.11. The van der Waals surface area contributed by atoms with Gasteiger partial charge in [0, 0.05) is 16.0 Å². The molecule has 1 atom stereocenters. The van der Waals surface area contributed by atoms with Crippen molar-refractivity contribution >= 4 is 22.9 Å². The lowest BCUT2D eigenvalue weighted by Crippen LogP contribution is -2.11. The van der Waals surface area contributed by atoms with E-state index >= 15 is 0 Å². The van der Waals surface area contributed by atoms with Gasteiger partial charge >= 0.3 is 0 Å². The average Bonchev–Trinajstić information content (AvgIpc) is 3.11. The lowest BCUT2D eigenvalue weighted by molar-refractivity contribution is 0.307. The van der Waals surface area contributed by atoms with Crippen LogP contribution >= 0.6 is 22.9 Å². The molecule has 0 aliphatic rings. The second-order valence-corrected chi connectivity index (χ2v) is 6.82. The molecule has 0 fully saturated rings. The van der Waals surface area contributed by atoms with Gasteiger partial charge in [-0.25, -0.2) is 4.98 Å². The van der Waals surface area contributed by atoms with Crippen molar-refractivity contribution < 1.29 is 4.74 Å². The first-order chi connectivity index (χ1) is 11.7. The highest BCUT2D eigenvalue weighted by atomic mass is 35.5. The quantitative estimate of drug-likeness (QED) is 0.647. The summed E-state index contributed by atoms with van der Waals surface area (Å²) in [5.41, 5.74) is 2.94. The fraction of sp³-hybridized carbons (Fsp3) is 0.211. The Labute approximate surface area is 151 Å². The van der Waals surface area contributed by atoms with Crippen LogP contribution in [0.4, 0.5) is 0 Å². The molecule has 5 heteroatoms. The molecular weight excluding hydrogens is 340 g/mol. The maximum atomic E-state index is 6.19. The van der Waals surface area contributed by atoms with E-state index in [1.807, 2.05) is 61.0 Å². The number of hydrogen-bond donors (Lipinski definition) is 1. The predicted octanol–water partition coefficient (Wildman–Crippen LogP) is 5.32. The molecular formula is C19H19ClN2OS. The normalized spacial score (nSPS) is 12.1. The van der Waals surface area contributed by atoms with Crippen molar-refractivity contribution in [1.82, 2.24) is 10.3 Å². The number of rotatable bonds is 6. The van der Waals surface area contributed by atoms with Gasteiger partial charge in [0.15, 0.2) is 0 Å². The summed E-state index contributed by atoms with van der Waals surface area (Å²) in [6, 6.07) is 16.0. The maximum Gasteiger partial charge on any atom is 0.129 e. The van der Waals surface area contributed by atoms with Gasteiger partial charge < -0.3 is 10.1 Å². The molecule has 1 heterocycles. The number of benzene rings is 2. The van der Waals surface area contributed by atoms with Crippen molar-refractivity contribution in [2.45, 2.75) is 19.6 Å². The summed E-state index contributed by atoms with van der Waals surface area (Å²) in [6.07, 6.45) is 0. The van der Waals surface area contributed by atoms with Crippen molar-refractivity contribution in [3.8, 4) is 17.0 Å². The van der Waals surface area contributed by atoms with Crippen molar-refractivity contribution in [3.05, 3.63) is 69.5 Å². The molecule has 3 rings (SSSR count). The number of thiazole rings is 1. The summed E-state index contributed by atoms with van der Waals surface area (Å²) >= 11 is 7.82. The molecule has 0 radical (unpaired) electrons. The summed E-state index contributed by atoms with van der Waals surface area (Å²) in [4.78, 5) is 4.73. The first-order valence-corrected chi connectivity index (χ1v) is 9.02. The molecule has 0 amide bonds. The number of halogens is 1. The van der Waals surface area contributed by atoms with Crippen LogP contribution in [0.1, 0.15) is 23.5 Å². The standard InChI is InChI=1S/C19H19ClN2OS/c1-13(21-2)19-22-17(12-24-19)16-10-15(20)8-9-18(16)23-11-14-6-4-3-5-7-14/h3-10,12-13,21H,11H2,1-2H3. The van der Waals surface area contributed by atoms with Gasteiger partial charge in [-0.2, -0.15) is 0 Å². The Morgan fingerprint density at radius 2 is 2.00 bits per heavy atom. The van der Waals surface area contributed by atoms with Crippen LogP contribution in [0, 0.1) is 0 Å². The highest BCUT2D eigenvalue weighted by Crippen LogP contribution is 2.34. The zero-order valence-electron chi connectivity index (χ0n) is 13.6. The third-order valence-electron chi connectivity index (χ3n) is 3.78. The van der Waals surface area contributed by atoms with Gasteiger partial charge in [-0.05, 0) is 37.7 Å². The van der Waals surface area contributed by atoms with Gasteiger partial charge in [0.2, 0.25) is 0 Å². The molecule has 24 heavy (non-hydrogen) atoms. The topological polar surface area (TPSA) is 34.2 Å². The van der Waals surface area contributed by atoms with Crippen LogP contribution in [0.3, 0.4) is 0 Å². The molecule has 1 unspecified atom stereocenters. The Kier molecular flexibility index (Phi) is 5.51. The third kappa shape index (κ3) is 3.96. The van der Waals surface area contributed by atoms with Crippen LogP contribution in [0.2, 0.25) is 5.02 Å². The largest absolute Gasteiger partial charge is 0.488 e. The molecule has 1 aromatic heterocycles. The molecule has 124 valence electrons. The van der Waals surface area contributed by atoms with Crippen LogP contribution in [-0.4, -0.2) is 12.0 Å². The fourth-order valence-corrected chi connectivity index (χ4v) is 3.35. The van der Waals surface area contributed by atoms with E-state index < -0.39 is 0 Å². The minimum atomic E-state index is 0.219. The van der Waals surface area contributed by atoms with E-state index in [9.17, 15) is 0 Å². The summed E-state index contributed by atoms with van der Waals surface area (Å²) in [5, 5.41) is 6.97. The van der Waals surface area contributed by atoms with Crippen molar-refractivity contribution in [3.63, 3.8) is 0 Å². The van der Waals surface area contributed by atoms with Crippen LogP contribution in [0.25, 0.3) is 11.3 Å². The Morgan fingerprint density at radius 1 is 1.21 bits per heavy atom. The summed E-state index contributed by atoms with van der Waals surface area (Å²) in [5.74, 6) is 0.789. The second kappa shape index (κ2) is 7.79. The number of ether oxygens (including phenoxy) is 1.